The number of carbonyl (C=O) groups is 2. The summed E-state index contributed by atoms with van der Waals surface area (Å²) < 4.78 is 10.7. The van der Waals surface area contributed by atoms with E-state index in [0.29, 0.717) is 48.0 Å². The number of methoxy groups -OCH3 is 1. The Balaban J connectivity index is 1.44. The molecular formula is C21H23ClN2O4. The number of carbonyl (C=O) groups excluding carboxylic acids is 2. The average molecular weight is 403 g/mol. The molecule has 0 aliphatic carbocycles. The molecule has 1 aliphatic heterocycles. The maximum absolute atomic E-state index is 12.5. The number of benzene rings is 2. The molecule has 0 saturated carbocycles. The number of nitrogens with one attached hydrogen (secondary N) is 1. The SMILES string of the molecule is COc1ccccc1OCC(=O)NC1CCN(C(=O)c2ccc(Cl)cc2)CC1. The Labute approximate surface area is 169 Å². The lowest BCUT2D eigenvalue weighted by molar-refractivity contribution is -0.124. The second-order valence-corrected chi connectivity index (χ2v) is 7.02. The number of halogens is 1. The normalized spacial score (nSPS) is 14.4. The van der Waals surface area contributed by atoms with Gasteiger partial charge in [-0.25, -0.2) is 0 Å². The highest BCUT2D eigenvalue weighted by Crippen LogP contribution is 2.25. The molecule has 1 N–H and O–H groups in total. The monoisotopic (exact) mass is 402 g/mol. The van der Waals surface area contributed by atoms with Crippen molar-refractivity contribution in [2.45, 2.75) is 18.9 Å². The molecule has 1 heterocycles. The fourth-order valence-corrected chi connectivity index (χ4v) is 3.28. The van der Waals surface area contributed by atoms with E-state index in [-0.39, 0.29) is 24.5 Å². The minimum atomic E-state index is -0.187. The summed E-state index contributed by atoms with van der Waals surface area (Å²) in [5, 5.41) is 3.58. The molecule has 1 fully saturated rings. The Kier molecular flexibility index (Phi) is 6.76. The molecule has 2 aromatic rings. The average Bonchev–Trinajstić information content (AvgIpc) is 2.73. The predicted octanol–water partition coefficient (Wildman–Crippen LogP) is 3.15. The van der Waals surface area contributed by atoms with Crippen LogP contribution in [0.2, 0.25) is 5.02 Å². The van der Waals surface area contributed by atoms with Crippen LogP contribution in [0.25, 0.3) is 0 Å². The summed E-state index contributed by atoms with van der Waals surface area (Å²) in [4.78, 5) is 26.5. The highest BCUT2D eigenvalue weighted by atomic mass is 35.5. The van der Waals surface area contributed by atoms with Crippen LogP contribution in [0.1, 0.15) is 23.2 Å². The molecule has 2 aromatic carbocycles. The van der Waals surface area contributed by atoms with Crippen molar-refractivity contribution < 1.29 is 19.1 Å². The van der Waals surface area contributed by atoms with Gasteiger partial charge in [0.05, 0.1) is 7.11 Å². The maximum Gasteiger partial charge on any atom is 0.258 e. The first-order valence-electron chi connectivity index (χ1n) is 9.17. The molecule has 2 amide bonds. The van der Waals surface area contributed by atoms with Crippen LogP contribution < -0.4 is 14.8 Å². The molecule has 6 nitrogen and oxygen atoms in total. The van der Waals surface area contributed by atoms with E-state index < -0.39 is 0 Å². The Morgan fingerprint density at radius 2 is 1.71 bits per heavy atom. The van der Waals surface area contributed by atoms with Gasteiger partial charge in [0.1, 0.15) is 0 Å². The van der Waals surface area contributed by atoms with Crippen LogP contribution in [-0.2, 0) is 4.79 Å². The lowest BCUT2D eigenvalue weighted by Crippen LogP contribution is -2.47. The third kappa shape index (κ3) is 5.16. The Morgan fingerprint density at radius 3 is 2.36 bits per heavy atom. The van der Waals surface area contributed by atoms with E-state index >= 15 is 0 Å². The Hall–Kier alpha value is -2.73. The summed E-state index contributed by atoms with van der Waals surface area (Å²) in [6.07, 6.45) is 1.42. The number of likely N-dealkylation sites (tertiary alicyclic amines) is 1. The van der Waals surface area contributed by atoms with Crippen LogP contribution in [0.15, 0.2) is 48.5 Å². The van der Waals surface area contributed by atoms with Gasteiger partial charge in [0.25, 0.3) is 11.8 Å². The van der Waals surface area contributed by atoms with Gasteiger partial charge in [0.2, 0.25) is 0 Å². The highest BCUT2D eigenvalue weighted by molar-refractivity contribution is 6.30. The zero-order valence-electron chi connectivity index (χ0n) is 15.7. The molecule has 0 atom stereocenters. The van der Waals surface area contributed by atoms with Crippen molar-refractivity contribution in [1.82, 2.24) is 10.2 Å². The Bertz CT molecular complexity index is 817. The number of nitrogens with zero attached hydrogens (tertiary/aromatic N) is 1. The molecule has 1 saturated heterocycles. The molecule has 1 aliphatic rings. The first-order valence-corrected chi connectivity index (χ1v) is 9.54. The van der Waals surface area contributed by atoms with Crippen molar-refractivity contribution in [2.75, 3.05) is 26.8 Å². The highest BCUT2D eigenvalue weighted by Gasteiger charge is 2.24. The van der Waals surface area contributed by atoms with Gasteiger partial charge in [0, 0.05) is 29.7 Å². The van der Waals surface area contributed by atoms with Crippen LogP contribution in [0, 0.1) is 0 Å². The van der Waals surface area contributed by atoms with Crippen molar-refractivity contribution in [3.8, 4) is 11.5 Å². The molecule has 0 spiro atoms. The first kappa shape index (κ1) is 20.0. The molecule has 0 unspecified atom stereocenters. The number of hydrogen-bond donors (Lipinski definition) is 1. The largest absolute Gasteiger partial charge is 0.493 e. The van der Waals surface area contributed by atoms with Crippen molar-refractivity contribution in [2.24, 2.45) is 0 Å². The fourth-order valence-electron chi connectivity index (χ4n) is 3.15. The van der Waals surface area contributed by atoms with Crippen LogP contribution in [-0.4, -0.2) is 49.6 Å². The van der Waals surface area contributed by atoms with Crippen molar-refractivity contribution in [3.63, 3.8) is 0 Å². The minimum absolute atomic E-state index is 0.0130. The van der Waals surface area contributed by atoms with Crippen molar-refractivity contribution >= 4 is 23.4 Å². The fraction of sp³-hybridized carbons (Fsp3) is 0.333. The van der Waals surface area contributed by atoms with E-state index in [1.54, 1.807) is 48.4 Å². The standard InChI is InChI=1S/C21H23ClN2O4/c1-27-18-4-2-3-5-19(18)28-14-20(25)23-17-10-12-24(13-11-17)21(26)15-6-8-16(22)9-7-15/h2-9,17H,10-14H2,1H3,(H,23,25). The number of para-hydroxylation sites is 2. The first-order chi connectivity index (χ1) is 13.6. The molecule has 0 radical (unpaired) electrons. The summed E-state index contributed by atoms with van der Waals surface area (Å²) in [6, 6.07) is 14.1. The molecule has 0 aromatic heterocycles. The number of amides is 2. The van der Waals surface area contributed by atoms with Gasteiger partial charge in [-0.3, -0.25) is 9.59 Å². The second kappa shape index (κ2) is 9.46. The number of ether oxygens (including phenoxy) is 2. The third-order valence-electron chi connectivity index (χ3n) is 4.67. The summed E-state index contributed by atoms with van der Waals surface area (Å²) >= 11 is 5.87. The summed E-state index contributed by atoms with van der Waals surface area (Å²) in [7, 11) is 1.56. The predicted molar refractivity (Wildman–Crippen MR) is 107 cm³/mol. The summed E-state index contributed by atoms with van der Waals surface area (Å²) in [5.41, 5.74) is 0.622. The molecule has 148 valence electrons. The number of hydrogen-bond acceptors (Lipinski definition) is 4. The van der Waals surface area contributed by atoms with E-state index in [9.17, 15) is 9.59 Å². The van der Waals surface area contributed by atoms with E-state index in [2.05, 4.69) is 5.32 Å². The van der Waals surface area contributed by atoms with Crippen LogP contribution in [0.5, 0.6) is 11.5 Å². The van der Waals surface area contributed by atoms with Gasteiger partial charge in [-0.15, -0.1) is 0 Å². The number of rotatable bonds is 6. The van der Waals surface area contributed by atoms with Gasteiger partial charge in [-0.1, -0.05) is 23.7 Å². The Morgan fingerprint density at radius 1 is 1.07 bits per heavy atom. The molecule has 0 bridgehead atoms. The topological polar surface area (TPSA) is 67.9 Å². The third-order valence-corrected chi connectivity index (χ3v) is 4.92. The zero-order valence-corrected chi connectivity index (χ0v) is 16.4. The van der Waals surface area contributed by atoms with E-state index in [4.69, 9.17) is 21.1 Å². The van der Waals surface area contributed by atoms with Crippen LogP contribution >= 0.6 is 11.6 Å². The molecule has 28 heavy (non-hydrogen) atoms. The van der Waals surface area contributed by atoms with Gasteiger partial charge in [-0.2, -0.15) is 0 Å². The molecular weight excluding hydrogens is 380 g/mol. The van der Waals surface area contributed by atoms with Gasteiger partial charge >= 0.3 is 0 Å². The lowest BCUT2D eigenvalue weighted by atomic mass is 10.0. The van der Waals surface area contributed by atoms with Crippen molar-refractivity contribution in [3.05, 3.63) is 59.1 Å². The van der Waals surface area contributed by atoms with Crippen LogP contribution in [0.3, 0.4) is 0 Å². The summed E-state index contributed by atoms with van der Waals surface area (Å²) in [6.45, 7) is 1.11. The molecule has 7 heteroatoms. The quantitative estimate of drug-likeness (QED) is 0.806. The van der Waals surface area contributed by atoms with E-state index in [0.717, 1.165) is 0 Å². The maximum atomic E-state index is 12.5. The van der Waals surface area contributed by atoms with Crippen LogP contribution in [0.4, 0.5) is 0 Å². The second-order valence-electron chi connectivity index (χ2n) is 6.58. The lowest BCUT2D eigenvalue weighted by Gasteiger charge is -2.32. The molecule has 3 rings (SSSR count). The van der Waals surface area contributed by atoms with Gasteiger partial charge < -0.3 is 19.7 Å². The van der Waals surface area contributed by atoms with E-state index in [1.807, 2.05) is 12.1 Å². The van der Waals surface area contributed by atoms with Crippen molar-refractivity contribution in [1.29, 1.82) is 0 Å². The van der Waals surface area contributed by atoms with E-state index in [1.165, 1.54) is 0 Å². The van der Waals surface area contributed by atoms with Gasteiger partial charge in [-0.05, 0) is 49.2 Å². The smallest absolute Gasteiger partial charge is 0.258 e. The minimum Gasteiger partial charge on any atom is -0.493 e. The number of piperidine rings is 1. The summed E-state index contributed by atoms with van der Waals surface area (Å²) in [5.74, 6) is 0.919. The zero-order chi connectivity index (χ0) is 19.9. The van der Waals surface area contributed by atoms with Gasteiger partial charge in [0.15, 0.2) is 18.1 Å².